The van der Waals surface area contributed by atoms with Crippen LogP contribution in [0.4, 0.5) is 0 Å². The number of aryl methyl sites for hydroxylation is 1. The van der Waals surface area contributed by atoms with Gasteiger partial charge in [-0.05, 0) is 37.6 Å². The Morgan fingerprint density at radius 3 is 3.04 bits per heavy atom. The van der Waals surface area contributed by atoms with Gasteiger partial charge in [0, 0.05) is 55.4 Å². The summed E-state index contributed by atoms with van der Waals surface area (Å²) in [7, 11) is 0. The average molecular weight is 324 g/mol. The Kier molecular flexibility index (Phi) is 4.02. The molecule has 0 saturated heterocycles. The van der Waals surface area contributed by atoms with Gasteiger partial charge in [0.1, 0.15) is 5.75 Å². The monoisotopic (exact) mass is 324 g/mol. The first kappa shape index (κ1) is 15.3. The van der Waals surface area contributed by atoms with Crippen LogP contribution in [0.5, 0.6) is 5.75 Å². The van der Waals surface area contributed by atoms with Crippen LogP contribution in [0.1, 0.15) is 30.8 Å². The maximum Gasteiger partial charge on any atom is 0.120 e. The van der Waals surface area contributed by atoms with Crippen molar-refractivity contribution in [2.24, 2.45) is 0 Å². The molecule has 0 saturated carbocycles. The molecule has 3 aromatic rings. The summed E-state index contributed by atoms with van der Waals surface area (Å²) in [6, 6.07) is 6.36. The summed E-state index contributed by atoms with van der Waals surface area (Å²) in [5.41, 5.74) is 5.29. The standard InChI is InChI=1S/C19H24N4O/c1-3-23-13-20-10-14(23)11-22-8-7-19-17(12-22)16-9-15(24-4-2)5-6-18(16)21-19/h5-6,9-10,13,21H,3-4,7-8,11-12H2,1-2H3. The van der Waals surface area contributed by atoms with E-state index in [1.807, 2.05) is 25.5 Å². The molecule has 0 fully saturated rings. The summed E-state index contributed by atoms with van der Waals surface area (Å²) < 4.78 is 7.90. The fourth-order valence-electron chi connectivity index (χ4n) is 3.63. The third kappa shape index (κ3) is 2.69. The molecular weight excluding hydrogens is 300 g/mol. The highest BCUT2D eigenvalue weighted by atomic mass is 16.5. The second-order valence-corrected chi connectivity index (χ2v) is 6.35. The zero-order valence-electron chi connectivity index (χ0n) is 14.4. The number of aromatic amines is 1. The highest BCUT2D eigenvalue weighted by molar-refractivity contribution is 5.86. The molecule has 5 heteroatoms. The van der Waals surface area contributed by atoms with Gasteiger partial charge >= 0.3 is 0 Å². The SMILES string of the molecule is CCOc1ccc2[nH]c3c(c2c1)CN(Cc1cncn1CC)CC3. The van der Waals surface area contributed by atoms with Crippen LogP contribution >= 0.6 is 0 Å². The van der Waals surface area contributed by atoms with Crippen LogP contribution in [-0.4, -0.2) is 32.6 Å². The number of hydrogen-bond donors (Lipinski definition) is 1. The summed E-state index contributed by atoms with van der Waals surface area (Å²) in [4.78, 5) is 10.4. The molecule has 3 heterocycles. The van der Waals surface area contributed by atoms with Crippen LogP contribution in [0, 0.1) is 0 Å². The van der Waals surface area contributed by atoms with E-state index >= 15 is 0 Å². The van der Waals surface area contributed by atoms with Crippen molar-refractivity contribution < 1.29 is 4.74 Å². The van der Waals surface area contributed by atoms with E-state index in [2.05, 4.69) is 38.5 Å². The lowest BCUT2D eigenvalue weighted by molar-refractivity contribution is 0.239. The molecule has 1 aliphatic heterocycles. The van der Waals surface area contributed by atoms with Gasteiger partial charge in [-0.2, -0.15) is 0 Å². The van der Waals surface area contributed by atoms with Gasteiger partial charge in [-0.3, -0.25) is 4.90 Å². The van der Waals surface area contributed by atoms with Crippen LogP contribution in [-0.2, 0) is 26.1 Å². The number of nitrogens with one attached hydrogen (secondary N) is 1. The van der Waals surface area contributed by atoms with Gasteiger partial charge in [-0.1, -0.05) is 0 Å². The van der Waals surface area contributed by atoms with E-state index in [0.29, 0.717) is 6.61 Å². The lowest BCUT2D eigenvalue weighted by Crippen LogP contribution is -2.30. The van der Waals surface area contributed by atoms with Gasteiger partial charge in [0.2, 0.25) is 0 Å². The summed E-state index contributed by atoms with van der Waals surface area (Å²) >= 11 is 0. The molecule has 126 valence electrons. The average Bonchev–Trinajstić information content (AvgIpc) is 3.19. The van der Waals surface area contributed by atoms with E-state index in [9.17, 15) is 0 Å². The quantitative estimate of drug-likeness (QED) is 0.783. The predicted molar refractivity (Wildman–Crippen MR) is 95.2 cm³/mol. The zero-order chi connectivity index (χ0) is 16.5. The van der Waals surface area contributed by atoms with Crippen molar-refractivity contribution in [3.8, 4) is 5.75 Å². The summed E-state index contributed by atoms with van der Waals surface area (Å²) in [5.74, 6) is 0.952. The van der Waals surface area contributed by atoms with Gasteiger partial charge < -0.3 is 14.3 Å². The Hall–Kier alpha value is -2.27. The molecule has 0 amide bonds. The Morgan fingerprint density at radius 1 is 1.29 bits per heavy atom. The summed E-state index contributed by atoms with van der Waals surface area (Å²) in [6.07, 6.45) is 4.97. The topological polar surface area (TPSA) is 46.1 Å². The second-order valence-electron chi connectivity index (χ2n) is 6.35. The minimum absolute atomic E-state index is 0.700. The molecule has 0 atom stereocenters. The van der Waals surface area contributed by atoms with Crippen molar-refractivity contribution in [2.75, 3.05) is 13.2 Å². The number of nitrogens with zero attached hydrogens (tertiary/aromatic N) is 3. The van der Waals surface area contributed by atoms with Gasteiger partial charge in [0.05, 0.1) is 18.6 Å². The van der Waals surface area contributed by atoms with Crippen molar-refractivity contribution in [1.82, 2.24) is 19.4 Å². The number of imidazole rings is 1. The van der Waals surface area contributed by atoms with Gasteiger partial charge in [-0.15, -0.1) is 0 Å². The fraction of sp³-hybridized carbons (Fsp3) is 0.421. The molecule has 0 aliphatic carbocycles. The molecule has 1 aliphatic rings. The molecule has 1 aromatic carbocycles. The van der Waals surface area contributed by atoms with E-state index in [-0.39, 0.29) is 0 Å². The lowest BCUT2D eigenvalue weighted by Gasteiger charge is -2.27. The Bertz CT molecular complexity index is 848. The minimum atomic E-state index is 0.700. The number of rotatable bonds is 5. The number of fused-ring (bicyclic) bond motifs is 3. The van der Waals surface area contributed by atoms with Gasteiger partial charge in [-0.25, -0.2) is 4.98 Å². The number of ether oxygens (including phenoxy) is 1. The van der Waals surface area contributed by atoms with E-state index in [0.717, 1.165) is 38.3 Å². The predicted octanol–water partition coefficient (Wildman–Crippen LogP) is 3.34. The van der Waals surface area contributed by atoms with Crippen molar-refractivity contribution in [3.05, 3.63) is 47.7 Å². The largest absolute Gasteiger partial charge is 0.494 e. The van der Waals surface area contributed by atoms with Crippen LogP contribution in [0.25, 0.3) is 10.9 Å². The number of aromatic nitrogens is 3. The van der Waals surface area contributed by atoms with E-state index in [1.54, 1.807) is 0 Å². The van der Waals surface area contributed by atoms with Crippen molar-refractivity contribution in [2.45, 2.75) is 39.9 Å². The number of H-pyrrole nitrogens is 1. The molecule has 2 aromatic heterocycles. The van der Waals surface area contributed by atoms with Crippen LogP contribution in [0.2, 0.25) is 0 Å². The number of benzene rings is 1. The Morgan fingerprint density at radius 2 is 2.21 bits per heavy atom. The molecule has 5 nitrogen and oxygen atoms in total. The third-order valence-electron chi connectivity index (χ3n) is 4.86. The Balaban J connectivity index is 1.61. The molecule has 1 N–H and O–H groups in total. The van der Waals surface area contributed by atoms with Crippen molar-refractivity contribution in [3.63, 3.8) is 0 Å². The smallest absolute Gasteiger partial charge is 0.120 e. The summed E-state index contributed by atoms with van der Waals surface area (Å²) in [6.45, 7) is 8.85. The normalized spacial score (nSPS) is 14.9. The van der Waals surface area contributed by atoms with E-state index in [1.165, 1.54) is 27.9 Å². The van der Waals surface area contributed by atoms with Crippen molar-refractivity contribution in [1.29, 1.82) is 0 Å². The first-order valence-electron chi connectivity index (χ1n) is 8.76. The van der Waals surface area contributed by atoms with Crippen LogP contribution in [0.3, 0.4) is 0 Å². The minimum Gasteiger partial charge on any atom is -0.494 e. The summed E-state index contributed by atoms with van der Waals surface area (Å²) in [5, 5.41) is 1.30. The Labute approximate surface area is 142 Å². The molecule has 0 bridgehead atoms. The highest BCUT2D eigenvalue weighted by Gasteiger charge is 2.21. The molecule has 4 rings (SSSR count). The lowest BCUT2D eigenvalue weighted by atomic mass is 10.0. The van der Waals surface area contributed by atoms with Crippen LogP contribution < -0.4 is 4.74 Å². The highest BCUT2D eigenvalue weighted by Crippen LogP contribution is 2.31. The number of hydrogen-bond acceptors (Lipinski definition) is 3. The van der Waals surface area contributed by atoms with Crippen LogP contribution in [0.15, 0.2) is 30.7 Å². The molecule has 0 spiro atoms. The molecule has 0 unspecified atom stereocenters. The maximum atomic E-state index is 5.68. The first-order valence-corrected chi connectivity index (χ1v) is 8.76. The fourth-order valence-corrected chi connectivity index (χ4v) is 3.63. The molecule has 24 heavy (non-hydrogen) atoms. The first-order chi connectivity index (χ1) is 11.8. The third-order valence-corrected chi connectivity index (χ3v) is 4.86. The maximum absolute atomic E-state index is 5.68. The second kappa shape index (κ2) is 6.32. The van der Waals surface area contributed by atoms with E-state index in [4.69, 9.17) is 4.74 Å². The van der Waals surface area contributed by atoms with Crippen molar-refractivity contribution >= 4 is 10.9 Å². The van der Waals surface area contributed by atoms with Gasteiger partial charge in [0.25, 0.3) is 0 Å². The van der Waals surface area contributed by atoms with Gasteiger partial charge in [0.15, 0.2) is 0 Å². The zero-order valence-corrected chi connectivity index (χ0v) is 14.4. The van der Waals surface area contributed by atoms with E-state index < -0.39 is 0 Å². The molecule has 0 radical (unpaired) electrons. The molecular formula is C19H24N4O.